The van der Waals surface area contributed by atoms with E-state index in [1.54, 1.807) is 13.8 Å². The van der Waals surface area contributed by atoms with Crippen molar-refractivity contribution in [1.29, 1.82) is 0 Å². The standard InChI is InChI=1S/C12H19N3O4S/c1-4-7-13-10-5-6-12(11(8-10)15(16)17)20(18,19)14-9(2)3/h5-6,8-9,13-14H,4,7H2,1-3H3. The van der Waals surface area contributed by atoms with Gasteiger partial charge >= 0.3 is 0 Å². The summed E-state index contributed by atoms with van der Waals surface area (Å²) in [5, 5.41) is 14.1. The molecule has 0 aliphatic heterocycles. The Hall–Kier alpha value is -1.67. The minimum atomic E-state index is -3.89. The number of hydrogen-bond acceptors (Lipinski definition) is 5. The lowest BCUT2D eigenvalue weighted by molar-refractivity contribution is -0.387. The molecule has 8 heteroatoms. The van der Waals surface area contributed by atoms with Crippen molar-refractivity contribution in [3.63, 3.8) is 0 Å². The van der Waals surface area contributed by atoms with Gasteiger partial charge in [-0.2, -0.15) is 0 Å². The molecule has 0 saturated heterocycles. The van der Waals surface area contributed by atoms with Crippen molar-refractivity contribution in [2.75, 3.05) is 11.9 Å². The summed E-state index contributed by atoms with van der Waals surface area (Å²) >= 11 is 0. The van der Waals surface area contributed by atoms with Crippen molar-refractivity contribution in [3.05, 3.63) is 28.3 Å². The van der Waals surface area contributed by atoms with Gasteiger partial charge in [-0.05, 0) is 32.4 Å². The van der Waals surface area contributed by atoms with E-state index < -0.39 is 20.6 Å². The van der Waals surface area contributed by atoms with Crippen molar-refractivity contribution in [2.45, 2.75) is 38.1 Å². The molecule has 2 N–H and O–H groups in total. The predicted molar refractivity (Wildman–Crippen MR) is 77.3 cm³/mol. The van der Waals surface area contributed by atoms with Crippen LogP contribution in [0.4, 0.5) is 11.4 Å². The Bertz CT molecular complexity index is 584. The Morgan fingerprint density at radius 1 is 1.35 bits per heavy atom. The quantitative estimate of drug-likeness (QED) is 0.593. The summed E-state index contributed by atoms with van der Waals surface area (Å²) in [6.07, 6.45) is 0.864. The second-order valence-electron chi connectivity index (χ2n) is 4.64. The van der Waals surface area contributed by atoms with E-state index in [4.69, 9.17) is 0 Å². The number of benzene rings is 1. The van der Waals surface area contributed by atoms with Crippen LogP contribution in [-0.4, -0.2) is 25.9 Å². The highest BCUT2D eigenvalue weighted by Gasteiger charge is 2.26. The zero-order valence-electron chi connectivity index (χ0n) is 11.7. The first kappa shape index (κ1) is 16.4. The van der Waals surface area contributed by atoms with E-state index in [9.17, 15) is 18.5 Å². The fourth-order valence-electron chi connectivity index (χ4n) is 1.64. The van der Waals surface area contributed by atoms with Gasteiger partial charge in [0.2, 0.25) is 10.0 Å². The Morgan fingerprint density at radius 2 is 2.00 bits per heavy atom. The topological polar surface area (TPSA) is 101 Å². The van der Waals surface area contributed by atoms with Gasteiger partial charge in [-0.3, -0.25) is 10.1 Å². The van der Waals surface area contributed by atoms with E-state index >= 15 is 0 Å². The van der Waals surface area contributed by atoms with Gasteiger partial charge in [0, 0.05) is 24.3 Å². The number of nitrogens with one attached hydrogen (secondary N) is 2. The smallest absolute Gasteiger partial charge is 0.291 e. The van der Waals surface area contributed by atoms with Crippen LogP contribution in [0.3, 0.4) is 0 Å². The molecule has 0 aromatic heterocycles. The van der Waals surface area contributed by atoms with E-state index in [2.05, 4.69) is 10.0 Å². The summed E-state index contributed by atoms with van der Waals surface area (Å²) in [4.78, 5) is 10.1. The monoisotopic (exact) mass is 301 g/mol. The van der Waals surface area contributed by atoms with Crippen LogP contribution in [0.2, 0.25) is 0 Å². The number of nitro groups is 1. The van der Waals surface area contributed by atoms with Crippen LogP contribution in [0.5, 0.6) is 0 Å². The first-order chi connectivity index (χ1) is 9.27. The number of nitro benzene ring substituents is 1. The Balaban J connectivity index is 3.23. The third-order valence-electron chi connectivity index (χ3n) is 2.42. The van der Waals surface area contributed by atoms with E-state index in [0.29, 0.717) is 12.2 Å². The highest BCUT2D eigenvalue weighted by atomic mass is 32.2. The zero-order chi connectivity index (χ0) is 15.3. The normalized spacial score (nSPS) is 11.6. The van der Waals surface area contributed by atoms with Gasteiger partial charge in [-0.1, -0.05) is 6.92 Å². The molecule has 0 atom stereocenters. The number of nitrogens with zero attached hydrogens (tertiary/aromatic N) is 1. The third-order valence-corrected chi connectivity index (χ3v) is 4.12. The molecule has 7 nitrogen and oxygen atoms in total. The molecule has 1 aromatic carbocycles. The second kappa shape index (κ2) is 6.67. The van der Waals surface area contributed by atoms with Gasteiger partial charge < -0.3 is 5.32 Å². The molecule has 0 saturated carbocycles. The second-order valence-corrected chi connectivity index (χ2v) is 6.32. The molecular weight excluding hydrogens is 282 g/mol. The maximum absolute atomic E-state index is 12.1. The fourth-order valence-corrected chi connectivity index (χ4v) is 3.04. The van der Waals surface area contributed by atoms with Crippen LogP contribution in [0, 0.1) is 10.1 Å². The predicted octanol–water partition coefficient (Wildman–Crippen LogP) is 2.10. The van der Waals surface area contributed by atoms with Crippen molar-refractivity contribution in [2.24, 2.45) is 0 Å². The number of sulfonamides is 1. The summed E-state index contributed by atoms with van der Waals surface area (Å²) < 4.78 is 26.5. The molecule has 0 fully saturated rings. The average molecular weight is 301 g/mol. The van der Waals surface area contributed by atoms with Crippen molar-refractivity contribution >= 4 is 21.4 Å². The van der Waals surface area contributed by atoms with Gasteiger partial charge in [0.1, 0.15) is 0 Å². The maximum atomic E-state index is 12.1. The van der Waals surface area contributed by atoms with E-state index in [1.165, 1.54) is 18.2 Å². The Kier molecular flexibility index (Phi) is 5.46. The maximum Gasteiger partial charge on any atom is 0.291 e. The van der Waals surface area contributed by atoms with Crippen LogP contribution in [0.15, 0.2) is 23.1 Å². The molecule has 0 aliphatic rings. The largest absolute Gasteiger partial charge is 0.385 e. The number of anilines is 1. The summed E-state index contributed by atoms with van der Waals surface area (Å²) in [5.41, 5.74) is 0.0984. The van der Waals surface area contributed by atoms with E-state index in [1.807, 2.05) is 6.92 Å². The molecule has 0 amide bonds. The first-order valence-corrected chi connectivity index (χ1v) is 7.81. The molecule has 0 unspecified atom stereocenters. The zero-order valence-corrected chi connectivity index (χ0v) is 12.5. The summed E-state index contributed by atoms with van der Waals surface area (Å²) in [5.74, 6) is 0. The third kappa shape index (κ3) is 4.17. The molecule has 112 valence electrons. The van der Waals surface area contributed by atoms with Crippen LogP contribution < -0.4 is 10.0 Å². The average Bonchev–Trinajstić information content (AvgIpc) is 2.34. The lowest BCUT2D eigenvalue weighted by Crippen LogP contribution is -2.30. The van der Waals surface area contributed by atoms with Gasteiger partial charge in [0.25, 0.3) is 5.69 Å². The molecule has 1 aromatic rings. The molecule has 0 spiro atoms. The van der Waals surface area contributed by atoms with Crippen molar-refractivity contribution < 1.29 is 13.3 Å². The van der Waals surface area contributed by atoms with Gasteiger partial charge in [-0.15, -0.1) is 0 Å². The summed E-state index contributed by atoms with van der Waals surface area (Å²) in [7, 11) is -3.89. The molecule has 0 heterocycles. The molecular formula is C12H19N3O4S. The van der Waals surface area contributed by atoms with Crippen molar-refractivity contribution in [3.8, 4) is 0 Å². The summed E-state index contributed by atoms with van der Waals surface area (Å²) in [6.45, 7) is 5.93. The minimum Gasteiger partial charge on any atom is -0.385 e. The summed E-state index contributed by atoms with van der Waals surface area (Å²) in [6, 6.07) is 3.68. The van der Waals surface area contributed by atoms with E-state index in [-0.39, 0.29) is 10.9 Å². The van der Waals surface area contributed by atoms with Crippen LogP contribution in [-0.2, 0) is 10.0 Å². The Morgan fingerprint density at radius 3 is 2.50 bits per heavy atom. The SMILES string of the molecule is CCCNc1ccc(S(=O)(=O)NC(C)C)c([N+](=O)[O-])c1. The van der Waals surface area contributed by atoms with Gasteiger partial charge in [0.05, 0.1) is 4.92 Å². The molecule has 1 rings (SSSR count). The van der Waals surface area contributed by atoms with Crippen LogP contribution >= 0.6 is 0 Å². The molecule has 20 heavy (non-hydrogen) atoms. The number of rotatable bonds is 7. The minimum absolute atomic E-state index is 0.321. The highest BCUT2D eigenvalue weighted by molar-refractivity contribution is 7.89. The highest BCUT2D eigenvalue weighted by Crippen LogP contribution is 2.27. The van der Waals surface area contributed by atoms with Crippen LogP contribution in [0.1, 0.15) is 27.2 Å². The lowest BCUT2D eigenvalue weighted by Gasteiger charge is -2.11. The fraction of sp³-hybridized carbons (Fsp3) is 0.500. The molecule has 0 radical (unpaired) electrons. The lowest BCUT2D eigenvalue weighted by atomic mass is 10.2. The van der Waals surface area contributed by atoms with Crippen molar-refractivity contribution in [1.82, 2.24) is 4.72 Å². The molecule has 0 bridgehead atoms. The van der Waals surface area contributed by atoms with Gasteiger partial charge in [-0.25, -0.2) is 13.1 Å². The van der Waals surface area contributed by atoms with E-state index in [0.717, 1.165) is 6.42 Å². The first-order valence-electron chi connectivity index (χ1n) is 6.32. The van der Waals surface area contributed by atoms with Crippen LogP contribution in [0.25, 0.3) is 0 Å². The Labute approximate surface area is 118 Å². The number of hydrogen-bond donors (Lipinski definition) is 2. The molecule has 0 aliphatic carbocycles. The van der Waals surface area contributed by atoms with Gasteiger partial charge in [0.15, 0.2) is 4.90 Å².